The monoisotopic (exact) mass is 311 g/mol. The van der Waals surface area contributed by atoms with Crippen LogP contribution in [0.4, 0.5) is 0 Å². The van der Waals surface area contributed by atoms with Crippen molar-refractivity contribution < 1.29 is 9.59 Å². The van der Waals surface area contributed by atoms with Crippen LogP contribution in [0.1, 0.15) is 43.7 Å². The van der Waals surface area contributed by atoms with E-state index in [4.69, 9.17) is 11.6 Å². The van der Waals surface area contributed by atoms with Gasteiger partial charge in [0.1, 0.15) is 5.15 Å². The predicted octanol–water partition coefficient (Wildman–Crippen LogP) is 2.24. The molecule has 1 heterocycles. The van der Waals surface area contributed by atoms with Gasteiger partial charge in [0.25, 0.3) is 5.91 Å². The second-order valence-corrected chi connectivity index (χ2v) is 6.32. The Bertz CT molecular complexity index is 538. The third kappa shape index (κ3) is 5.01. The number of rotatable bonds is 4. The molecule has 0 radical (unpaired) electrons. The molecular formula is C15H22ClN3O2. The summed E-state index contributed by atoms with van der Waals surface area (Å²) in [5.41, 5.74) is 0.967. The fourth-order valence-corrected chi connectivity index (χ4v) is 1.97. The van der Waals surface area contributed by atoms with Crippen LogP contribution >= 0.6 is 11.6 Å². The van der Waals surface area contributed by atoms with E-state index in [1.807, 2.05) is 27.7 Å². The fraction of sp³-hybridized carbons (Fsp3) is 0.533. The van der Waals surface area contributed by atoms with Crippen LogP contribution in [0.5, 0.6) is 0 Å². The molecule has 0 fully saturated rings. The number of hydrogen-bond donors (Lipinski definition) is 1. The van der Waals surface area contributed by atoms with Crippen molar-refractivity contribution in [2.24, 2.45) is 0 Å². The van der Waals surface area contributed by atoms with Crippen molar-refractivity contribution in [3.05, 3.63) is 28.5 Å². The zero-order valence-corrected chi connectivity index (χ0v) is 13.9. The summed E-state index contributed by atoms with van der Waals surface area (Å²) < 4.78 is 0. The fourth-order valence-electron chi connectivity index (χ4n) is 1.77. The predicted molar refractivity (Wildman–Crippen MR) is 83.6 cm³/mol. The number of nitrogens with zero attached hydrogens (tertiary/aromatic N) is 2. The van der Waals surface area contributed by atoms with Crippen molar-refractivity contribution in [2.45, 2.75) is 33.1 Å². The Morgan fingerprint density at radius 1 is 1.33 bits per heavy atom. The molecule has 1 N–H and O–H groups in total. The highest BCUT2D eigenvalue weighted by Gasteiger charge is 2.21. The Balaban J connectivity index is 2.97. The second-order valence-electron chi connectivity index (χ2n) is 5.93. The third-order valence-electron chi connectivity index (χ3n) is 2.91. The maximum atomic E-state index is 12.4. The van der Waals surface area contributed by atoms with Crippen molar-refractivity contribution >= 4 is 23.4 Å². The van der Waals surface area contributed by atoms with Gasteiger partial charge in [-0.25, -0.2) is 4.98 Å². The van der Waals surface area contributed by atoms with E-state index in [1.54, 1.807) is 13.1 Å². The van der Waals surface area contributed by atoms with E-state index in [9.17, 15) is 9.59 Å². The van der Waals surface area contributed by atoms with Crippen molar-refractivity contribution in [1.82, 2.24) is 15.2 Å². The summed E-state index contributed by atoms with van der Waals surface area (Å²) in [5.74, 6) is -0.444. The molecule has 0 aliphatic carbocycles. The third-order valence-corrected chi connectivity index (χ3v) is 3.10. The number of pyridine rings is 1. The first-order chi connectivity index (χ1) is 9.65. The van der Waals surface area contributed by atoms with E-state index in [0.717, 1.165) is 5.69 Å². The van der Waals surface area contributed by atoms with Gasteiger partial charge in [-0.05, 0) is 19.1 Å². The summed E-state index contributed by atoms with van der Waals surface area (Å²) in [6, 6.07) is 3.25. The van der Waals surface area contributed by atoms with Crippen molar-refractivity contribution in [2.75, 3.05) is 20.1 Å². The van der Waals surface area contributed by atoms with Crippen LogP contribution in [0, 0.1) is 0 Å². The molecule has 5 nitrogen and oxygen atoms in total. The van der Waals surface area contributed by atoms with Gasteiger partial charge in [-0.2, -0.15) is 0 Å². The smallest absolute Gasteiger partial charge is 0.254 e. The maximum absolute atomic E-state index is 12.4. The van der Waals surface area contributed by atoms with Crippen LogP contribution in [0.25, 0.3) is 0 Å². The summed E-state index contributed by atoms with van der Waals surface area (Å²) >= 11 is 6.00. The minimum atomic E-state index is -0.254. The van der Waals surface area contributed by atoms with Crippen LogP contribution in [-0.2, 0) is 10.2 Å². The molecule has 21 heavy (non-hydrogen) atoms. The Labute approximate surface area is 130 Å². The zero-order valence-electron chi connectivity index (χ0n) is 13.2. The quantitative estimate of drug-likeness (QED) is 0.867. The number of carbonyl (C=O) groups is 2. The van der Waals surface area contributed by atoms with Gasteiger partial charge in [0, 0.05) is 30.3 Å². The Morgan fingerprint density at radius 2 is 1.95 bits per heavy atom. The van der Waals surface area contributed by atoms with Crippen molar-refractivity contribution in [1.29, 1.82) is 0 Å². The van der Waals surface area contributed by atoms with Crippen molar-refractivity contribution in [3.8, 4) is 0 Å². The molecule has 0 spiro atoms. The number of amides is 2. The highest BCUT2D eigenvalue weighted by Crippen LogP contribution is 2.23. The molecule has 0 unspecified atom stereocenters. The molecule has 2 amide bonds. The lowest BCUT2D eigenvalue weighted by Crippen LogP contribution is -2.38. The van der Waals surface area contributed by atoms with Crippen LogP contribution in [0.15, 0.2) is 12.1 Å². The highest BCUT2D eigenvalue weighted by atomic mass is 35.5. The first-order valence-corrected chi connectivity index (χ1v) is 7.23. The van der Waals surface area contributed by atoms with Crippen LogP contribution in [0.2, 0.25) is 5.15 Å². The Hall–Kier alpha value is -1.62. The molecule has 1 aromatic rings. The molecule has 0 bridgehead atoms. The average molecular weight is 312 g/mol. The molecule has 0 saturated heterocycles. The van der Waals surface area contributed by atoms with Gasteiger partial charge >= 0.3 is 0 Å². The van der Waals surface area contributed by atoms with E-state index >= 15 is 0 Å². The lowest BCUT2D eigenvalue weighted by Gasteiger charge is -2.21. The van der Waals surface area contributed by atoms with Gasteiger partial charge < -0.3 is 10.2 Å². The summed E-state index contributed by atoms with van der Waals surface area (Å²) in [6.07, 6.45) is 0. The number of halogens is 1. The summed E-state index contributed by atoms with van der Waals surface area (Å²) in [7, 11) is 1.59. The molecular weight excluding hydrogens is 290 g/mol. The minimum Gasteiger partial charge on any atom is -0.355 e. The summed E-state index contributed by atoms with van der Waals surface area (Å²) in [4.78, 5) is 29.5. The van der Waals surface area contributed by atoms with Gasteiger partial charge in [0.15, 0.2) is 0 Å². The highest BCUT2D eigenvalue weighted by molar-refractivity contribution is 6.29. The molecule has 0 saturated carbocycles. The number of likely N-dealkylation sites (N-methyl/N-ethyl adjacent to an activating group) is 2. The lowest BCUT2D eigenvalue weighted by molar-refractivity contribution is -0.121. The minimum absolute atomic E-state index is 0.0114. The summed E-state index contributed by atoms with van der Waals surface area (Å²) in [6.45, 7) is 8.38. The zero-order chi connectivity index (χ0) is 16.2. The topological polar surface area (TPSA) is 62.3 Å². The summed E-state index contributed by atoms with van der Waals surface area (Å²) in [5, 5.41) is 2.93. The number of nitrogens with one attached hydrogen (secondary N) is 1. The van der Waals surface area contributed by atoms with Gasteiger partial charge in [0.05, 0.1) is 6.54 Å². The van der Waals surface area contributed by atoms with Crippen molar-refractivity contribution in [3.63, 3.8) is 0 Å². The number of carbonyl (C=O) groups excluding carboxylic acids is 2. The van der Waals surface area contributed by atoms with E-state index < -0.39 is 0 Å². The molecule has 6 heteroatoms. The SMILES string of the molecule is CCNC(=O)CN(C)C(=O)c1cc(Cl)nc(C(C)(C)C)c1. The standard InChI is InChI=1S/C15H22ClN3O2/c1-6-17-13(20)9-19(5)14(21)10-7-11(15(2,3)4)18-12(16)8-10/h7-8H,6,9H2,1-5H3,(H,17,20). The molecule has 0 aromatic carbocycles. The molecule has 0 aliphatic rings. The first-order valence-electron chi connectivity index (χ1n) is 6.85. The van der Waals surface area contributed by atoms with E-state index in [-0.39, 0.29) is 28.9 Å². The average Bonchev–Trinajstić information content (AvgIpc) is 2.36. The van der Waals surface area contributed by atoms with Gasteiger partial charge in [-0.3, -0.25) is 9.59 Å². The van der Waals surface area contributed by atoms with Gasteiger partial charge in [-0.15, -0.1) is 0 Å². The van der Waals surface area contributed by atoms with E-state index in [1.165, 1.54) is 11.0 Å². The van der Waals surface area contributed by atoms with Crippen LogP contribution < -0.4 is 5.32 Å². The molecule has 0 aliphatic heterocycles. The van der Waals surface area contributed by atoms with Gasteiger partial charge in [0.2, 0.25) is 5.91 Å². The Kier molecular flexibility index (Phi) is 5.72. The lowest BCUT2D eigenvalue weighted by atomic mass is 9.91. The number of hydrogen-bond acceptors (Lipinski definition) is 3. The second kappa shape index (κ2) is 6.89. The van der Waals surface area contributed by atoms with Gasteiger partial charge in [-0.1, -0.05) is 32.4 Å². The molecule has 0 atom stereocenters. The molecule has 1 aromatic heterocycles. The van der Waals surface area contributed by atoms with E-state index in [0.29, 0.717) is 12.1 Å². The van der Waals surface area contributed by atoms with Crippen LogP contribution in [-0.4, -0.2) is 41.8 Å². The van der Waals surface area contributed by atoms with E-state index in [2.05, 4.69) is 10.3 Å². The Morgan fingerprint density at radius 3 is 2.48 bits per heavy atom. The van der Waals surface area contributed by atoms with Crippen LogP contribution in [0.3, 0.4) is 0 Å². The first kappa shape index (κ1) is 17.4. The normalized spacial score (nSPS) is 11.1. The molecule has 1 rings (SSSR count). The maximum Gasteiger partial charge on any atom is 0.254 e. The largest absolute Gasteiger partial charge is 0.355 e. The molecule has 116 valence electrons. The number of aromatic nitrogens is 1.